The topological polar surface area (TPSA) is 113 Å². The minimum atomic E-state index is 0.767. The van der Waals surface area contributed by atoms with Crippen LogP contribution in [-0.4, -0.2) is 49.9 Å². The van der Waals surface area contributed by atoms with Crippen LogP contribution < -0.4 is 0 Å². The highest BCUT2D eigenvalue weighted by Gasteiger charge is 2.10. The molecule has 0 unspecified atom stereocenters. The van der Waals surface area contributed by atoms with Crippen molar-refractivity contribution in [2.75, 3.05) is 0 Å². The van der Waals surface area contributed by atoms with Gasteiger partial charge in [-0.05, 0) is 103 Å². The van der Waals surface area contributed by atoms with Crippen molar-refractivity contribution < 1.29 is 0 Å². The molecule has 0 atom stereocenters. The maximum absolute atomic E-state index is 4.56. The first-order chi connectivity index (χ1) is 24.2. The Kier molecular flexibility index (Phi) is 8.24. The Morgan fingerprint density at radius 2 is 0.857 bits per heavy atom. The van der Waals surface area contributed by atoms with E-state index in [0.717, 1.165) is 75.9 Å². The third kappa shape index (κ3) is 6.75. The predicted octanol–water partition coefficient (Wildman–Crippen LogP) is 7.27. The number of aromatic nitrogens is 10. The fourth-order valence-corrected chi connectivity index (χ4v) is 5.59. The van der Waals surface area contributed by atoms with Crippen molar-refractivity contribution in [3.63, 3.8) is 0 Å². The normalized spacial score (nSPS) is 11.1. The smallest absolute Gasteiger partial charge is 0.115 e. The molecule has 49 heavy (non-hydrogen) atoms. The molecule has 0 amide bonds. The minimum Gasteiger partial charge on any atom is -0.255 e. The predicted molar refractivity (Wildman–Crippen MR) is 188 cm³/mol. The molecule has 236 valence electrons. The first-order valence-electron chi connectivity index (χ1n) is 16.0. The van der Waals surface area contributed by atoms with Crippen LogP contribution in [0.15, 0.2) is 146 Å². The van der Waals surface area contributed by atoms with Crippen molar-refractivity contribution in [3.8, 4) is 56.7 Å². The molecule has 0 radical (unpaired) electrons. The lowest BCUT2D eigenvalue weighted by Gasteiger charge is -2.06. The maximum Gasteiger partial charge on any atom is 0.115 e. The van der Waals surface area contributed by atoms with Crippen LogP contribution in [0.4, 0.5) is 0 Å². The van der Waals surface area contributed by atoms with Gasteiger partial charge in [-0.15, -0.1) is 10.2 Å². The van der Waals surface area contributed by atoms with Crippen LogP contribution in [0.5, 0.6) is 0 Å². The van der Waals surface area contributed by atoms with E-state index in [1.165, 1.54) is 11.1 Å². The fourth-order valence-electron chi connectivity index (χ4n) is 5.59. The number of hydrogen-bond donors (Lipinski definition) is 0. The van der Waals surface area contributed by atoms with Gasteiger partial charge in [0, 0.05) is 35.9 Å². The van der Waals surface area contributed by atoms with E-state index in [1.807, 2.05) is 85.5 Å². The van der Waals surface area contributed by atoms with Gasteiger partial charge in [0.2, 0.25) is 0 Å². The van der Waals surface area contributed by atoms with E-state index < -0.39 is 0 Å². The highest BCUT2D eigenvalue weighted by Crippen LogP contribution is 2.23. The van der Waals surface area contributed by atoms with Crippen molar-refractivity contribution in [2.24, 2.45) is 0 Å². The van der Waals surface area contributed by atoms with Crippen molar-refractivity contribution >= 4 is 0 Å². The minimum absolute atomic E-state index is 0.767. The van der Waals surface area contributed by atoms with Crippen molar-refractivity contribution in [1.82, 2.24) is 49.9 Å². The second-order valence-corrected chi connectivity index (χ2v) is 11.6. The van der Waals surface area contributed by atoms with Crippen molar-refractivity contribution in [3.05, 3.63) is 158 Å². The molecule has 0 aliphatic carbocycles. The first kappa shape index (κ1) is 29.7. The monoisotopic (exact) mass is 638 g/mol. The van der Waals surface area contributed by atoms with Crippen LogP contribution in [0.3, 0.4) is 0 Å². The van der Waals surface area contributed by atoms with E-state index in [9.17, 15) is 0 Å². The number of rotatable bonds is 10. The zero-order valence-electron chi connectivity index (χ0n) is 26.4. The van der Waals surface area contributed by atoms with Crippen LogP contribution in [0.25, 0.3) is 56.7 Å². The molecular weight excluding hydrogens is 608 g/mol. The van der Waals surface area contributed by atoms with E-state index in [0.29, 0.717) is 0 Å². The van der Waals surface area contributed by atoms with E-state index in [-0.39, 0.29) is 0 Å². The van der Waals surface area contributed by atoms with E-state index >= 15 is 0 Å². The SMILES string of the molecule is c1ccc(-c2ccc(-c3cn(-c4ccc(CCCc5ccc(-n6cc(-c7ccc(-c8ccccn8)nc7)nn6)cc5)cc4)nn3)cn2)nc1. The fraction of sp³-hybridized carbons (Fsp3) is 0.0769. The molecule has 0 aliphatic rings. The Morgan fingerprint density at radius 1 is 0.408 bits per heavy atom. The second kappa shape index (κ2) is 13.6. The summed E-state index contributed by atoms with van der Waals surface area (Å²) in [6.45, 7) is 0. The number of nitrogens with zero attached hydrogens (tertiary/aromatic N) is 10. The van der Waals surface area contributed by atoms with Gasteiger partial charge in [-0.25, -0.2) is 9.36 Å². The zero-order chi connectivity index (χ0) is 32.8. The molecule has 6 heterocycles. The van der Waals surface area contributed by atoms with E-state index in [4.69, 9.17) is 0 Å². The third-order valence-corrected chi connectivity index (χ3v) is 8.29. The molecule has 10 nitrogen and oxygen atoms in total. The molecule has 6 aromatic heterocycles. The Hall–Kier alpha value is -6.68. The molecular formula is C39H30N10. The number of aryl methyl sites for hydroxylation is 2. The van der Waals surface area contributed by atoms with Gasteiger partial charge in [0.1, 0.15) is 11.4 Å². The Bertz CT molecular complexity index is 2100. The van der Waals surface area contributed by atoms with E-state index in [1.54, 1.807) is 21.8 Å². The number of benzene rings is 2. The second-order valence-electron chi connectivity index (χ2n) is 11.6. The molecule has 2 aromatic carbocycles. The summed E-state index contributed by atoms with van der Waals surface area (Å²) in [5.74, 6) is 0. The molecule has 0 saturated heterocycles. The van der Waals surface area contributed by atoms with Crippen LogP contribution in [0.1, 0.15) is 17.5 Å². The lowest BCUT2D eigenvalue weighted by atomic mass is 10.0. The molecule has 0 spiro atoms. The quantitative estimate of drug-likeness (QED) is 0.154. The standard InChI is InChI=1S/C39H30N10/c1-3-22-40-34(8-1)36-20-14-30(24-42-36)38-26-48(46-44-38)32-16-10-28(11-17-32)6-5-7-29-12-18-33(19-13-29)49-27-39(45-47-49)31-15-21-37(43-25-31)35-9-2-4-23-41-35/h1-4,8-27H,5-7H2. The molecule has 0 saturated carbocycles. The van der Waals surface area contributed by atoms with Gasteiger partial charge in [-0.2, -0.15) is 0 Å². The highest BCUT2D eigenvalue weighted by atomic mass is 15.4. The van der Waals surface area contributed by atoms with Gasteiger partial charge < -0.3 is 0 Å². The highest BCUT2D eigenvalue weighted by molar-refractivity contribution is 5.63. The summed E-state index contributed by atoms with van der Waals surface area (Å²) >= 11 is 0. The molecule has 0 bridgehead atoms. The third-order valence-electron chi connectivity index (χ3n) is 8.29. The van der Waals surface area contributed by atoms with Crippen LogP contribution in [0.2, 0.25) is 0 Å². The number of pyridine rings is 4. The van der Waals surface area contributed by atoms with Gasteiger partial charge in [0.15, 0.2) is 0 Å². The lowest BCUT2D eigenvalue weighted by Crippen LogP contribution is -1.97. The van der Waals surface area contributed by atoms with Gasteiger partial charge >= 0.3 is 0 Å². The summed E-state index contributed by atoms with van der Waals surface area (Å²) < 4.78 is 3.59. The van der Waals surface area contributed by atoms with Crippen molar-refractivity contribution in [1.29, 1.82) is 0 Å². The largest absolute Gasteiger partial charge is 0.255 e. The molecule has 8 aromatic rings. The molecule has 0 fully saturated rings. The summed E-state index contributed by atoms with van der Waals surface area (Å²) in [4.78, 5) is 17.8. The van der Waals surface area contributed by atoms with Crippen molar-refractivity contribution in [2.45, 2.75) is 19.3 Å². The van der Waals surface area contributed by atoms with Gasteiger partial charge in [0.25, 0.3) is 0 Å². The average molecular weight is 639 g/mol. The lowest BCUT2D eigenvalue weighted by molar-refractivity contribution is 0.795. The average Bonchev–Trinajstić information content (AvgIpc) is 3.88. The summed E-state index contributed by atoms with van der Waals surface area (Å²) in [5, 5.41) is 17.4. The van der Waals surface area contributed by atoms with Crippen LogP contribution in [0, 0.1) is 0 Å². The Morgan fingerprint density at radius 3 is 1.24 bits per heavy atom. The summed E-state index contributed by atoms with van der Waals surface area (Å²) in [6.07, 6.45) is 14.0. The Labute approximate surface area is 282 Å². The number of hydrogen-bond acceptors (Lipinski definition) is 8. The Balaban J connectivity index is 0.840. The molecule has 0 N–H and O–H groups in total. The maximum atomic E-state index is 4.56. The zero-order valence-corrected chi connectivity index (χ0v) is 26.4. The summed E-state index contributed by atoms with van der Waals surface area (Å²) in [7, 11) is 0. The molecule has 8 rings (SSSR count). The summed E-state index contributed by atoms with van der Waals surface area (Å²) in [5.41, 5.74) is 11.2. The first-order valence-corrected chi connectivity index (χ1v) is 16.0. The van der Waals surface area contributed by atoms with Crippen LogP contribution in [-0.2, 0) is 12.8 Å². The summed E-state index contributed by atoms with van der Waals surface area (Å²) in [6, 6.07) is 36.5. The molecule has 10 heteroatoms. The van der Waals surface area contributed by atoms with Gasteiger partial charge in [-0.3, -0.25) is 19.9 Å². The van der Waals surface area contributed by atoms with Gasteiger partial charge in [0.05, 0.1) is 46.5 Å². The van der Waals surface area contributed by atoms with Crippen LogP contribution >= 0.6 is 0 Å². The van der Waals surface area contributed by atoms with Gasteiger partial charge in [-0.1, -0.05) is 46.8 Å². The van der Waals surface area contributed by atoms with E-state index in [2.05, 4.69) is 89.1 Å². The molecule has 0 aliphatic heterocycles.